The van der Waals surface area contributed by atoms with E-state index in [0.717, 1.165) is 12.1 Å². The Kier molecular flexibility index (Phi) is 5.55. The molecule has 0 aliphatic rings. The number of nitrogens with zero attached hydrogens (tertiary/aromatic N) is 2. The Morgan fingerprint density at radius 1 is 1.28 bits per heavy atom. The Morgan fingerprint density at radius 2 is 2.00 bits per heavy atom. The van der Waals surface area contributed by atoms with E-state index in [4.69, 9.17) is 4.74 Å². The highest BCUT2D eigenvalue weighted by atomic mass is 19.4. The van der Waals surface area contributed by atoms with Crippen LogP contribution < -0.4 is 4.74 Å². The quantitative estimate of drug-likeness (QED) is 0.628. The summed E-state index contributed by atoms with van der Waals surface area (Å²) in [5.41, 5.74) is -1.54. The Bertz CT molecular complexity index is 746. The van der Waals surface area contributed by atoms with Crippen LogP contribution >= 0.6 is 0 Å². The molecule has 136 valence electrons. The first kappa shape index (κ1) is 18.6. The fourth-order valence-electron chi connectivity index (χ4n) is 1.95. The maximum Gasteiger partial charge on any atom is 0.419 e. The maximum absolute atomic E-state index is 13.0. The number of aromatic amines is 1. The van der Waals surface area contributed by atoms with E-state index in [-0.39, 0.29) is 23.6 Å². The second-order valence-corrected chi connectivity index (χ2v) is 4.65. The van der Waals surface area contributed by atoms with Crippen LogP contribution in [-0.2, 0) is 10.9 Å². The van der Waals surface area contributed by atoms with Gasteiger partial charge in [-0.05, 0) is 19.1 Å². The average Bonchev–Trinajstić information content (AvgIpc) is 3.01. The lowest BCUT2D eigenvalue weighted by Crippen LogP contribution is -2.13. The summed E-state index contributed by atoms with van der Waals surface area (Å²) < 4.78 is 72.8. The normalized spacial score (nSPS) is 11.6. The number of hydrogen-bond donors (Lipinski definition) is 1. The number of ether oxygens (including phenoxy) is 2. The van der Waals surface area contributed by atoms with Crippen molar-refractivity contribution >= 4 is 5.97 Å². The van der Waals surface area contributed by atoms with Crippen molar-refractivity contribution in [3.63, 3.8) is 0 Å². The van der Waals surface area contributed by atoms with Gasteiger partial charge < -0.3 is 9.47 Å². The first-order valence-electron chi connectivity index (χ1n) is 6.94. The first-order chi connectivity index (χ1) is 11.7. The highest BCUT2D eigenvalue weighted by Gasteiger charge is 2.35. The predicted molar refractivity (Wildman–Crippen MR) is 74.3 cm³/mol. The zero-order valence-electron chi connectivity index (χ0n) is 12.7. The van der Waals surface area contributed by atoms with E-state index in [2.05, 4.69) is 20.1 Å². The predicted octanol–water partition coefficient (Wildman–Crippen LogP) is 3.31. The first-order valence-corrected chi connectivity index (χ1v) is 6.94. The van der Waals surface area contributed by atoms with E-state index < -0.39 is 36.5 Å². The lowest BCUT2D eigenvalue weighted by Gasteiger charge is -2.15. The van der Waals surface area contributed by atoms with Gasteiger partial charge in [0.15, 0.2) is 5.69 Å². The second-order valence-electron chi connectivity index (χ2n) is 4.65. The number of nitrogens with one attached hydrogen (secondary N) is 1. The van der Waals surface area contributed by atoms with Crippen molar-refractivity contribution in [1.29, 1.82) is 0 Å². The summed E-state index contributed by atoms with van der Waals surface area (Å²) in [5.74, 6) is -1.63. The topological polar surface area (TPSA) is 77.1 Å². The Hall–Kier alpha value is -2.72. The van der Waals surface area contributed by atoms with Crippen molar-refractivity contribution in [2.75, 3.05) is 13.2 Å². The third-order valence-corrected chi connectivity index (χ3v) is 2.94. The standard InChI is InChI=1S/C14H12F5N3O3/c1-2-24-13(23)12-11(20-22-21-12)7-3-4-8(14(17,18)19)9(5-7)25-6-10(15)16/h3-5,10H,2,6H2,1H3,(H,20,21,22). The lowest BCUT2D eigenvalue weighted by molar-refractivity contribution is -0.139. The summed E-state index contributed by atoms with van der Waals surface area (Å²) in [6, 6.07) is 2.55. The summed E-state index contributed by atoms with van der Waals surface area (Å²) in [5, 5.41) is 9.46. The molecule has 0 aliphatic carbocycles. The minimum Gasteiger partial charge on any atom is -0.487 e. The van der Waals surface area contributed by atoms with Gasteiger partial charge in [-0.2, -0.15) is 23.5 Å². The number of halogens is 5. The molecule has 0 spiro atoms. The van der Waals surface area contributed by atoms with E-state index in [9.17, 15) is 26.7 Å². The van der Waals surface area contributed by atoms with Crippen LogP contribution in [0.25, 0.3) is 11.3 Å². The summed E-state index contributed by atoms with van der Waals surface area (Å²) in [6.45, 7) is 0.406. The van der Waals surface area contributed by atoms with Gasteiger partial charge in [0.1, 0.15) is 18.1 Å². The summed E-state index contributed by atoms with van der Waals surface area (Å²) in [7, 11) is 0. The van der Waals surface area contributed by atoms with Crippen molar-refractivity contribution in [2.45, 2.75) is 19.5 Å². The molecule has 1 aromatic heterocycles. The SMILES string of the molecule is CCOC(=O)c1n[nH]nc1-c1ccc(C(F)(F)F)c(OCC(F)F)c1. The molecular weight excluding hydrogens is 353 g/mol. The number of H-pyrrole nitrogens is 1. The number of carbonyl (C=O) groups excluding carboxylic acids is 1. The van der Waals surface area contributed by atoms with E-state index >= 15 is 0 Å². The van der Waals surface area contributed by atoms with Crippen LogP contribution in [0.3, 0.4) is 0 Å². The van der Waals surface area contributed by atoms with Crippen molar-refractivity contribution in [3.05, 3.63) is 29.5 Å². The largest absolute Gasteiger partial charge is 0.487 e. The molecule has 2 rings (SSSR count). The van der Waals surface area contributed by atoms with Gasteiger partial charge in [0.2, 0.25) is 0 Å². The number of carbonyl (C=O) groups is 1. The van der Waals surface area contributed by atoms with Gasteiger partial charge in [-0.1, -0.05) is 6.07 Å². The Labute approximate surface area is 137 Å². The average molecular weight is 365 g/mol. The molecule has 11 heteroatoms. The number of hydrogen-bond acceptors (Lipinski definition) is 5. The van der Waals surface area contributed by atoms with Gasteiger partial charge in [-0.25, -0.2) is 13.6 Å². The van der Waals surface area contributed by atoms with Crippen molar-refractivity contribution in [2.24, 2.45) is 0 Å². The van der Waals surface area contributed by atoms with Crippen LogP contribution in [-0.4, -0.2) is 41.0 Å². The second kappa shape index (κ2) is 7.45. The number of rotatable bonds is 6. The molecule has 0 aliphatic heterocycles. The van der Waals surface area contributed by atoms with E-state index in [1.54, 1.807) is 6.92 Å². The molecule has 0 radical (unpaired) electrons. The molecule has 0 saturated carbocycles. The van der Waals surface area contributed by atoms with Crippen LogP contribution in [0.5, 0.6) is 5.75 Å². The van der Waals surface area contributed by atoms with Gasteiger partial charge in [-0.15, -0.1) is 5.10 Å². The van der Waals surface area contributed by atoms with Crippen LogP contribution in [0.2, 0.25) is 0 Å². The number of alkyl halides is 5. The van der Waals surface area contributed by atoms with Gasteiger partial charge >= 0.3 is 12.1 Å². The van der Waals surface area contributed by atoms with Gasteiger partial charge in [0, 0.05) is 5.56 Å². The highest BCUT2D eigenvalue weighted by Crippen LogP contribution is 2.38. The van der Waals surface area contributed by atoms with E-state index in [1.165, 1.54) is 0 Å². The third kappa shape index (κ3) is 4.43. The monoisotopic (exact) mass is 365 g/mol. The minimum atomic E-state index is -4.80. The fraction of sp³-hybridized carbons (Fsp3) is 0.357. The molecule has 1 aromatic carbocycles. The Morgan fingerprint density at radius 3 is 2.60 bits per heavy atom. The smallest absolute Gasteiger partial charge is 0.419 e. The van der Waals surface area contributed by atoms with Gasteiger partial charge in [0.05, 0.1) is 12.2 Å². The molecule has 0 amide bonds. The zero-order chi connectivity index (χ0) is 18.6. The molecule has 2 aromatic rings. The van der Waals surface area contributed by atoms with Crippen molar-refractivity contribution in [3.8, 4) is 17.0 Å². The molecule has 1 heterocycles. The van der Waals surface area contributed by atoms with Crippen molar-refractivity contribution < 1.29 is 36.2 Å². The molecule has 0 bridgehead atoms. The van der Waals surface area contributed by atoms with Gasteiger partial charge in [0.25, 0.3) is 6.43 Å². The maximum atomic E-state index is 13.0. The molecule has 0 fully saturated rings. The fourth-order valence-corrected chi connectivity index (χ4v) is 1.95. The van der Waals surface area contributed by atoms with Crippen LogP contribution in [0.15, 0.2) is 18.2 Å². The van der Waals surface area contributed by atoms with E-state index in [0.29, 0.717) is 6.07 Å². The number of esters is 1. The summed E-state index contributed by atoms with van der Waals surface area (Å²) >= 11 is 0. The molecule has 0 unspecified atom stereocenters. The van der Waals surface area contributed by atoms with Crippen LogP contribution in [0.1, 0.15) is 23.0 Å². The molecule has 25 heavy (non-hydrogen) atoms. The molecule has 0 atom stereocenters. The molecule has 6 nitrogen and oxygen atoms in total. The lowest BCUT2D eigenvalue weighted by atomic mass is 10.1. The molecule has 1 N–H and O–H groups in total. The molecule has 0 saturated heterocycles. The van der Waals surface area contributed by atoms with Crippen molar-refractivity contribution in [1.82, 2.24) is 15.4 Å². The van der Waals surface area contributed by atoms with Gasteiger partial charge in [-0.3, -0.25) is 0 Å². The summed E-state index contributed by atoms with van der Waals surface area (Å²) in [6.07, 6.45) is -7.75. The van der Waals surface area contributed by atoms with Crippen LogP contribution in [0, 0.1) is 0 Å². The number of benzene rings is 1. The minimum absolute atomic E-state index is 0.0223. The number of aromatic nitrogens is 3. The Balaban J connectivity index is 2.45. The summed E-state index contributed by atoms with van der Waals surface area (Å²) in [4.78, 5) is 11.8. The highest BCUT2D eigenvalue weighted by molar-refractivity contribution is 5.94. The molecular formula is C14H12F5N3O3. The van der Waals surface area contributed by atoms with Crippen LogP contribution in [0.4, 0.5) is 22.0 Å². The van der Waals surface area contributed by atoms with E-state index in [1.807, 2.05) is 0 Å². The zero-order valence-corrected chi connectivity index (χ0v) is 12.7. The third-order valence-electron chi connectivity index (χ3n) is 2.94.